The normalized spacial score (nSPS) is 7.92. The van der Waals surface area contributed by atoms with Crippen LogP contribution in [0.2, 0.25) is 0 Å². The molecule has 1 amide bonds. The highest BCUT2D eigenvalue weighted by Crippen LogP contribution is 1.71. The summed E-state index contributed by atoms with van der Waals surface area (Å²) in [4.78, 5) is 10.5. The van der Waals surface area contributed by atoms with E-state index >= 15 is 0 Å². The van der Waals surface area contributed by atoms with Crippen molar-refractivity contribution < 1.29 is 9.53 Å². The second-order valence-electron chi connectivity index (χ2n) is 1.69. The van der Waals surface area contributed by atoms with E-state index in [0.717, 1.165) is 0 Å². The summed E-state index contributed by atoms with van der Waals surface area (Å²) in [6.07, 6.45) is 1.24. The summed E-state index contributed by atoms with van der Waals surface area (Å²) in [7, 11) is 0. The quantitative estimate of drug-likeness (QED) is 0.219. The van der Waals surface area contributed by atoms with Gasteiger partial charge in [0, 0.05) is 13.2 Å². The number of hydrogen-bond acceptors (Lipinski definition) is 4. The van der Waals surface area contributed by atoms with E-state index in [1.54, 1.807) is 0 Å². The summed E-state index contributed by atoms with van der Waals surface area (Å²) in [5, 5.41) is 2.59. The number of ether oxygens (including phenoxy) is 1. The molecule has 0 atom stereocenters. The van der Waals surface area contributed by atoms with Crippen LogP contribution in [0.4, 0.5) is 0 Å². The van der Waals surface area contributed by atoms with Crippen molar-refractivity contribution in [2.75, 3.05) is 19.8 Å². The Morgan fingerprint density at radius 1 is 1.67 bits per heavy atom. The lowest BCUT2D eigenvalue weighted by atomic mass is 10.5. The Balaban J connectivity index is 0. The van der Waals surface area contributed by atoms with Crippen molar-refractivity contribution in [1.82, 2.24) is 5.32 Å². The topological polar surface area (TPSA) is 90.4 Å². The molecule has 5 N–H and O–H groups in total. The number of hydrogen-bond donors (Lipinski definition) is 3. The van der Waals surface area contributed by atoms with Crippen molar-refractivity contribution in [3.05, 3.63) is 12.7 Å². The Labute approximate surface area is 72.7 Å². The molecule has 12 heavy (non-hydrogen) atoms. The maximum atomic E-state index is 10.5. The van der Waals surface area contributed by atoms with E-state index in [2.05, 4.69) is 23.6 Å². The average molecular weight is 175 g/mol. The minimum atomic E-state index is -0.153. The number of carbonyl (C=O) groups excluding carboxylic acids is 1. The maximum absolute atomic E-state index is 10.5. The lowest BCUT2D eigenvalue weighted by Crippen LogP contribution is -2.25. The molecule has 5 nitrogen and oxygen atoms in total. The molecule has 0 aromatic rings. The fraction of sp³-hybridized carbons (Fsp3) is 0.571. The Kier molecular flexibility index (Phi) is 14.5. The molecular formula is C7H17N3O2. The van der Waals surface area contributed by atoms with E-state index in [9.17, 15) is 4.79 Å². The summed E-state index contributed by atoms with van der Waals surface area (Å²) in [5.41, 5.74) is 0. The number of nitrogens with two attached hydrogens (primary N) is 2. The number of nitrogens with one attached hydrogen (secondary N) is 1. The Bertz CT molecular complexity index is 117. The Morgan fingerprint density at radius 2 is 2.25 bits per heavy atom. The smallest absolute Gasteiger partial charge is 0.243 e. The van der Waals surface area contributed by atoms with E-state index in [0.29, 0.717) is 19.8 Å². The highest BCUT2D eigenvalue weighted by atomic mass is 16.5. The van der Waals surface area contributed by atoms with Gasteiger partial charge in [0.15, 0.2) is 0 Å². The van der Waals surface area contributed by atoms with Gasteiger partial charge in [-0.2, -0.15) is 0 Å². The van der Waals surface area contributed by atoms with Crippen LogP contribution in [0.1, 0.15) is 6.92 Å². The van der Waals surface area contributed by atoms with Crippen LogP contribution >= 0.6 is 0 Å². The summed E-state index contributed by atoms with van der Waals surface area (Å²) in [6, 6.07) is 0. The highest BCUT2D eigenvalue weighted by molar-refractivity contribution is 5.86. The third kappa shape index (κ3) is 11.8. The van der Waals surface area contributed by atoms with E-state index in [1.807, 2.05) is 6.92 Å². The van der Waals surface area contributed by atoms with Crippen LogP contribution in [0.5, 0.6) is 0 Å². The SMILES string of the molecule is C=CC(=O)NCCOCC.NN. The summed E-state index contributed by atoms with van der Waals surface area (Å²) < 4.78 is 4.98. The Morgan fingerprint density at radius 3 is 2.67 bits per heavy atom. The van der Waals surface area contributed by atoms with E-state index < -0.39 is 0 Å². The predicted molar refractivity (Wildman–Crippen MR) is 48.1 cm³/mol. The van der Waals surface area contributed by atoms with Crippen molar-refractivity contribution in [3.63, 3.8) is 0 Å². The predicted octanol–water partition coefficient (Wildman–Crippen LogP) is -0.856. The van der Waals surface area contributed by atoms with Gasteiger partial charge in [0.1, 0.15) is 0 Å². The minimum Gasteiger partial charge on any atom is -0.380 e. The molecule has 0 spiro atoms. The van der Waals surface area contributed by atoms with Crippen LogP contribution < -0.4 is 17.0 Å². The third-order valence-corrected chi connectivity index (χ3v) is 0.935. The van der Waals surface area contributed by atoms with Crippen molar-refractivity contribution in [2.24, 2.45) is 11.7 Å². The third-order valence-electron chi connectivity index (χ3n) is 0.935. The molecule has 0 saturated heterocycles. The van der Waals surface area contributed by atoms with Crippen LogP contribution in [-0.2, 0) is 9.53 Å². The molecule has 0 fully saturated rings. The summed E-state index contributed by atoms with van der Waals surface area (Å²) in [5.74, 6) is 7.85. The monoisotopic (exact) mass is 175 g/mol. The molecule has 0 heterocycles. The molecular weight excluding hydrogens is 158 g/mol. The molecule has 0 rings (SSSR count). The van der Waals surface area contributed by atoms with Gasteiger partial charge in [-0.05, 0) is 13.0 Å². The zero-order chi connectivity index (χ0) is 9.82. The van der Waals surface area contributed by atoms with Crippen LogP contribution in [-0.4, -0.2) is 25.7 Å². The number of amides is 1. The van der Waals surface area contributed by atoms with Crippen LogP contribution in [0.25, 0.3) is 0 Å². The van der Waals surface area contributed by atoms with Gasteiger partial charge in [0.25, 0.3) is 0 Å². The van der Waals surface area contributed by atoms with Gasteiger partial charge in [-0.3, -0.25) is 16.5 Å². The van der Waals surface area contributed by atoms with Crippen molar-refractivity contribution >= 4 is 5.91 Å². The van der Waals surface area contributed by atoms with E-state index in [1.165, 1.54) is 6.08 Å². The van der Waals surface area contributed by atoms with Crippen molar-refractivity contribution in [3.8, 4) is 0 Å². The first kappa shape index (κ1) is 13.7. The van der Waals surface area contributed by atoms with Crippen molar-refractivity contribution in [2.45, 2.75) is 6.92 Å². The zero-order valence-corrected chi connectivity index (χ0v) is 7.38. The van der Waals surface area contributed by atoms with Gasteiger partial charge in [-0.15, -0.1) is 0 Å². The van der Waals surface area contributed by atoms with Crippen LogP contribution in [0.3, 0.4) is 0 Å². The molecule has 72 valence electrons. The lowest BCUT2D eigenvalue weighted by molar-refractivity contribution is -0.116. The first-order chi connectivity index (χ1) is 5.81. The molecule has 0 aliphatic carbocycles. The standard InChI is InChI=1S/C7H13NO2.H4N2/c1-3-7(9)8-5-6-10-4-2;1-2/h3H,1,4-6H2,2H3,(H,8,9);1-2H2. The fourth-order valence-corrected chi connectivity index (χ4v) is 0.463. The van der Waals surface area contributed by atoms with Gasteiger partial charge >= 0.3 is 0 Å². The van der Waals surface area contributed by atoms with Gasteiger partial charge < -0.3 is 10.1 Å². The average Bonchev–Trinajstić information content (AvgIpc) is 2.15. The van der Waals surface area contributed by atoms with Crippen LogP contribution in [0, 0.1) is 0 Å². The second kappa shape index (κ2) is 12.7. The molecule has 0 saturated carbocycles. The number of hydrazine groups is 1. The first-order valence-electron chi connectivity index (χ1n) is 3.62. The van der Waals surface area contributed by atoms with Gasteiger partial charge in [0.05, 0.1) is 6.61 Å². The molecule has 5 heteroatoms. The van der Waals surface area contributed by atoms with E-state index in [-0.39, 0.29) is 5.91 Å². The largest absolute Gasteiger partial charge is 0.380 e. The first-order valence-corrected chi connectivity index (χ1v) is 3.62. The highest BCUT2D eigenvalue weighted by Gasteiger charge is 1.90. The zero-order valence-electron chi connectivity index (χ0n) is 7.38. The van der Waals surface area contributed by atoms with Gasteiger partial charge in [0.2, 0.25) is 5.91 Å². The summed E-state index contributed by atoms with van der Waals surface area (Å²) >= 11 is 0. The number of carbonyl (C=O) groups is 1. The second-order valence-corrected chi connectivity index (χ2v) is 1.69. The van der Waals surface area contributed by atoms with Crippen LogP contribution in [0.15, 0.2) is 12.7 Å². The Hall–Kier alpha value is -0.910. The molecule has 0 aromatic heterocycles. The molecule has 0 aliphatic rings. The van der Waals surface area contributed by atoms with Gasteiger partial charge in [-0.25, -0.2) is 0 Å². The fourth-order valence-electron chi connectivity index (χ4n) is 0.463. The molecule has 0 aromatic carbocycles. The number of rotatable bonds is 5. The van der Waals surface area contributed by atoms with E-state index in [4.69, 9.17) is 4.74 Å². The molecule has 0 radical (unpaired) electrons. The maximum Gasteiger partial charge on any atom is 0.243 e. The molecule has 0 bridgehead atoms. The molecule has 0 aliphatic heterocycles. The lowest BCUT2D eigenvalue weighted by Gasteiger charge is -2.00. The summed E-state index contributed by atoms with van der Waals surface area (Å²) in [6.45, 7) is 7.02. The van der Waals surface area contributed by atoms with Gasteiger partial charge in [-0.1, -0.05) is 6.58 Å². The van der Waals surface area contributed by atoms with Crippen molar-refractivity contribution in [1.29, 1.82) is 0 Å². The minimum absolute atomic E-state index is 0.153. The molecule has 0 unspecified atom stereocenters.